The van der Waals surface area contributed by atoms with Crippen molar-refractivity contribution < 1.29 is 30.0 Å². The van der Waals surface area contributed by atoms with Gasteiger partial charge in [0, 0.05) is 27.0 Å². The summed E-state index contributed by atoms with van der Waals surface area (Å²) in [6.07, 6.45) is 2.84. The Morgan fingerprint density at radius 3 is 2.21 bits per heavy atom. The maximum Gasteiger partial charge on any atom is 0.328 e. The number of rotatable bonds is 9. The van der Waals surface area contributed by atoms with Crippen molar-refractivity contribution in [3.05, 3.63) is 53.9 Å². The highest BCUT2D eigenvalue weighted by atomic mass is 16.6. The first-order chi connectivity index (χ1) is 16.1. The fraction of sp³-hybridized carbons (Fsp3) is 0.462. The predicted molar refractivity (Wildman–Crippen MR) is 132 cm³/mol. The van der Waals surface area contributed by atoms with E-state index in [1.165, 1.54) is 39.6 Å². The number of nitrogens with zero attached hydrogens (tertiary/aromatic N) is 1. The minimum atomic E-state index is -0.932. The molecular formula is C26H38N2O6. The number of aromatic nitrogens is 1. The third kappa shape index (κ3) is 10.0. The largest absolute Gasteiger partial charge is 0.493 e. The lowest BCUT2D eigenvalue weighted by Gasteiger charge is -2.18. The van der Waals surface area contributed by atoms with Crippen LogP contribution in [0.4, 0.5) is 0 Å². The molecule has 0 aliphatic heterocycles. The van der Waals surface area contributed by atoms with Crippen LogP contribution in [0.25, 0.3) is 0 Å². The molecule has 8 nitrogen and oxygen atoms in total. The smallest absolute Gasteiger partial charge is 0.328 e. The fourth-order valence-corrected chi connectivity index (χ4v) is 2.61. The van der Waals surface area contributed by atoms with Crippen molar-refractivity contribution in [1.29, 1.82) is 0 Å². The minimum Gasteiger partial charge on any atom is -0.493 e. The van der Waals surface area contributed by atoms with Crippen molar-refractivity contribution in [1.82, 2.24) is 10.3 Å². The molecule has 0 radical (unpaired) electrons. The molecule has 2 atom stereocenters. The van der Waals surface area contributed by atoms with E-state index in [0.29, 0.717) is 6.42 Å². The van der Waals surface area contributed by atoms with E-state index in [1.54, 1.807) is 6.92 Å². The second-order valence-electron chi connectivity index (χ2n) is 8.22. The Bertz CT molecular complexity index is 937. The van der Waals surface area contributed by atoms with Crippen LogP contribution in [0.1, 0.15) is 65.4 Å². The molecular weight excluding hydrogens is 436 g/mol. The molecule has 0 saturated heterocycles. The third-order valence-electron chi connectivity index (χ3n) is 4.75. The van der Waals surface area contributed by atoms with E-state index in [4.69, 9.17) is 14.2 Å². The SMILES string of the molecule is CCC(C)C.COc1ccnc(C(=O)N[C@@H](C)C(=O)O[C@@H](C)Cc2ccccc2)c1OC(C)=O.[HH]. The van der Waals surface area contributed by atoms with E-state index in [2.05, 4.69) is 31.1 Å². The van der Waals surface area contributed by atoms with Gasteiger partial charge in [0.2, 0.25) is 5.75 Å². The van der Waals surface area contributed by atoms with Gasteiger partial charge in [-0.2, -0.15) is 0 Å². The van der Waals surface area contributed by atoms with Crippen molar-refractivity contribution in [2.45, 2.75) is 66.5 Å². The zero-order valence-corrected chi connectivity index (χ0v) is 21.1. The van der Waals surface area contributed by atoms with Gasteiger partial charge >= 0.3 is 11.9 Å². The molecule has 0 aliphatic carbocycles. The zero-order chi connectivity index (χ0) is 25.7. The third-order valence-corrected chi connectivity index (χ3v) is 4.75. The lowest BCUT2D eigenvalue weighted by atomic mass is 10.1. The van der Waals surface area contributed by atoms with Crippen molar-refractivity contribution >= 4 is 17.8 Å². The summed E-state index contributed by atoms with van der Waals surface area (Å²) in [7, 11) is 1.37. The molecule has 1 N–H and O–H groups in total. The van der Waals surface area contributed by atoms with Gasteiger partial charge in [0.1, 0.15) is 12.1 Å². The quantitative estimate of drug-likeness (QED) is 0.529. The molecule has 0 saturated carbocycles. The summed E-state index contributed by atoms with van der Waals surface area (Å²) in [4.78, 5) is 40.2. The number of nitrogens with one attached hydrogen (secondary N) is 1. The average molecular weight is 475 g/mol. The van der Waals surface area contributed by atoms with Crippen LogP contribution in [0.5, 0.6) is 11.5 Å². The van der Waals surface area contributed by atoms with Gasteiger partial charge in [0.05, 0.1) is 7.11 Å². The molecule has 0 bridgehead atoms. The molecule has 1 heterocycles. The van der Waals surface area contributed by atoms with E-state index in [0.717, 1.165) is 11.5 Å². The van der Waals surface area contributed by atoms with Gasteiger partial charge in [-0.15, -0.1) is 0 Å². The summed E-state index contributed by atoms with van der Waals surface area (Å²) >= 11 is 0. The Hall–Kier alpha value is -3.42. The highest BCUT2D eigenvalue weighted by molar-refractivity contribution is 5.98. The first kappa shape index (κ1) is 28.6. The van der Waals surface area contributed by atoms with Gasteiger partial charge < -0.3 is 19.5 Å². The summed E-state index contributed by atoms with van der Waals surface area (Å²) in [5.74, 6) is -0.966. The standard InChI is InChI=1S/C21H24N2O6.C5H12.H2/c1-13(12-16-8-6-5-7-9-16)28-21(26)14(2)23-20(25)18-19(29-15(3)24)17(27-4)10-11-22-18;1-4-5(2)3;/h5-11,13-14H,12H2,1-4H3,(H,23,25);5H,4H2,1-3H3;1H/t13-,14-;;/m0../s1. The second-order valence-corrected chi connectivity index (χ2v) is 8.22. The first-order valence-corrected chi connectivity index (χ1v) is 11.4. The number of benzene rings is 1. The fourth-order valence-electron chi connectivity index (χ4n) is 2.61. The minimum absolute atomic E-state index is 0. The van der Waals surface area contributed by atoms with Crippen LogP contribution in [0.15, 0.2) is 42.6 Å². The van der Waals surface area contributed by atoms with Crippen LogP contribution in [0.2, 0.25) is 0 Å². The molecule has 2 rings (SSSR count). The van der Waals surface area contributed by atoms with E-state index in [9.17, 15) is 14.4 Å². The van der Waals surface area contributed by atoms with Gasteiger partial charge in [-0.05, 0) is 25.3 Å². The number of ether oxygens (including phenoxy) is 3. The first-order valence-electron chi connectivity index (χ1n) is 11.4. The molecule has 1 aromatic heterocycles. The summed E-state index contributed by atoms with van der Waals surface area (Å²) < 4.78 is 15.6. The summed E-state index contributed by atoms with van der Waals surface area (Å²) in [5.41, 5.74) is 0.868. The Kier molecular flexibility index (Phi) is 12.3. The van der Waals surface area contributed by atoms with E-state index < -0.39 is 23.9 Å². The van der Waals surface area contributed by atoms with Gasteiger partial charge in [0.15, 0.2) is 11.4 Å². The highest BCUT2D eigenvalue weighted by Gasteiger charge is 2.25. The number of pyridine rings is 1. The van der Waals surface area contributed by atoms with Crippen molar-refractivity contribution in [3.8, 4) is 11.5 Å². The number of amides is 1. The van der Waals surface area contributed by atoms with Crippen LogP contribution >= 0.6 is 0 Å². The van der Waals surface area contributed by atoms with Crippen LogP contribution in [0.3, 0.4) is 0 Å². The van der Waals surface area contributed by atoms with Gasteiger partial charge in [-0.1, -0.05) is 57.5 Å². The Balaban J connectivity index is 0.00000175. The van der Waals surface area contributed by atoms with Crippen LogP contribution in [0, 0.1) is 5.92 Å². The maximum atomic E-state index is 12.6. The molecule has 188 valence electrons. The van der Waals surface area contributed by atoms with Crippen LogP contribution in [-0.4, -0.2) is 42.1 Å². The molecule has 34 heavy (non-hydrogen) atoms. The van der Waals surface area contributed by atoms with Gasteiger partial charge in [0.25, 0.3) is 5.91 Å². The topological polar surface area (TPSA) is 104 Å². The molecule has 0 aliphatic rings. The van der Waals surface area contributed by atoms with Gasteiger partial charge in [-0.25, -0.2) is 9.78 Å². The van der Waals surface area contributed by atoms with Crippen molar-refractivity contribution in [2.75, 3.05) is 7.11 Å². The summed E-state index contributed by atoms with van der Waals surface area (Å²) in [6, 6.07) is 10.1. The van der Waals surface area contributed by atoms with E-state index >= 15 is 0 Å². The zero-order valence-electron chi connectivity index (χ0n) is 21.1. The van der Waals surface area contributed by atoms with Crippen molar-refractivity contribution in [3.63, 3.8) is 0 Å². The summed E-state index contributed by atoms with van der Waals surface area (Å²) in [5, 5.41) is 2.51. The normalized spacial score (nSPS) is 12.0. The van der Waals surface area contributed by atoms with E-state index in [1.807, 2.05) is 30.3 Å². The molecule has 0 fully saturated rings. The van der Waals surface area contributed by atoms with Crippen LogP contribution < -0.4 is 14.8 Å². The van der Waals surface area contributed by atoms with Crippen molar-refractivity contribution in [2.24, 2.45) is 5.92 Å². The lowest BCUT2D eigenvalue weighted by molar-refractivity contribution is -0.150. The Morgan fingerprint density at radius 2 is 1.68 bits per heavy atom. The van der Waals surface area contributed by atoms with Gasteiger partial charge in [-0.3, -0.25) is 9.59 Å². The molecule has 0 spiro atoms. The molecule has 1 aromatic carbocycles. The number of hydrogen-bond acceptors (Lipinski definition) is 7. The second kappa shape index (κ2) is 14.7. The number of methoxy groups -OCH3 is 1. The number of carbonyl (C=O) groups excluding carboxylic acids is 3. The molecule has 0 unspecified atom stereocenters. The lowest BCUT2D eigenvalue weighted by Crippen LogP contribution is -2.41. The number of carbonyl (C=O) groups is 3. The molecule has 2 aromatic rings. The maximum absolute atomic E-state index is 12.6. The van der Waals surface area contributed by atoms with E-state index in [-0.39, 0.29) is 24.7 Å². The molecule has 1 amide bonds. The number of esters is 2. The van der Waals surface area contributed by atoms with Crippen LogP contribution in [-0.2, 0) is 20.7 Å². The highest BCUT2D eigenvalue weighted by Crippen LogP contribution is 2.29. The average Bonchev–Trinajstić information content (AvgIpc) is 2.79. The number of hydrogen-bond donors (Lipinski definition) is 1. The summed E-state index contributed by atoms with van der Waals surface area (Å²) in [6.45, 7) is 11.1. The Labute approximate surface area is 203 Å². The Morgan fingerprint density at radius 1 is 1.06 bits per heavy atom. The molecule has 8 heteroatoms. The predicted octanol–water partition coefficient (Wildman–Crippen LogP) is 4.61. The monoisotopic (exact) mass is 474 g/mol.